The van der Waals surface area contributed by atoms with E-state index >= 15 is 0 Å². The van der Waals surface area contributed by atoms with E-state index in [4.69, 9.17) is 17.3 Å². The highest BCUT2D eigenvalue weighted by Crippen LogP contribution is 2.21. The third-order valence-corrected chi connectivity index (χ3v) is 3.86. The molecule has 0 aliphatic rings. The molecule has 4 heteroatoms. The van der Waals surface area contributed by atoms with E-state index in [2.05, 4.69) is 21.7 Å². The molecule has 0 unspecified atom stereocenters. The fourth-order valence-electron chi connectivity index (χ4n) is 2.48. The molecule has 1 heterocycles. The summed E-state index contributed by atoms with van der Waals surface area (Å²) in [6, 6.07) is 14.0. The zero-order valence-electron chi connectivity index (χ0n) is 11.3. The Morgan fingerprint density at radius 2 is 1.90 bits per heavy atom. The molecular weight excluding hydrogens is 270 g/mol. The smallest absolute Gasteiger partial charge is 0.114 e. The van der Waals surface area contributed by atoms with E-state index < -0.39 is 0 Å². The van der Waals surface area contributed by atoms with Crippen LogP contribution >= 0.6 is 11.6 Å². The molecule has 0 bridgehead atoms. The predicted molar refractivity (Wildman–Crippen MR) is 82.9 cm³/mol. The minimum atomic E-state index is 0.548. The van der Waals surface area contributed by atoms with Gasteiger partial charge < -0.3 is 10.3 Å². The molecule has 0 atom stereocenters. The lowest BCUT2D eigenvalue weighted by Gasteiger charge is -2.07. The van der Waals surface area contributed by atoms with E-state index in [1.165, 1.54) is 5.56 Å². The fourth-order valence-corrected chi connectivity index (χ4v) is 2.65. The van der Waals surface area contributed by atoms with E-state index in [0.717, 1.165) is 28.8 Å². The molecule has 0 aliphatic heterocycles. The Hall–Kier alpha value is -1.84. The molecule has 0 saturated heterocycles. The molecule has 2 N–H and O–H groups in total. The van der Waals surface area contributed by atoms with Crippen LogP contribution in [0.25, 0.3) is 11.0 Å². The summed E-state index contributed by atoms with van der Waals surface area (Å²) in [4.78, 5) is 4.68. The van der Waals surface area contributed by atoms with Crippen molar-refractivity contribution in [2.75, 3.05) is 0 Å². The van der Waals surface area contributed by atoms with Gasteiger partial charge in [-0.25, -0.2) is 4.98 Å². The van der Waals surface area contributed by atoms with Gasteiger partial charge in [0.2, 0.25) is 0 Å². The van der Waals surface area contributed by atoms with Crippen LogP contribution in [0.4, 0.5) is 0 Å². The topological polar surface area (TPSA) is 43.8 Å². The summed E-state index contributed by atoms with van der Waals surface area (Å²) in [5, 5.41) is 0.713. The first kappa shape index (κ1) is 13.2. The van der Waals surface area contributed by atoms with Crippen LogP contribution in [0.5, 0.6) is 0 Å². The SMILES string of the molecule is Cn1c(Cc2ccccc2CN)nc2cc(Cl)ccc21. The van der Waals surface area contributed by atoms with Crippen LogP contribution in [0.15, 0.2) is 42.5 Å². The maximum atomic E-state index is 6.02. The molecule has 0 spiro atoms. The third kappa shape index (κ3) is 2.30. The van der Waals surface area contributed by atoms with Crippen molar-refractivity contribution < 1.29 is 0 Å². The lowest BCUT2D eigenvalue weighted by molar-refractivity contribution is 0.837. The van der Waals surface area contributed by atoms with Crippen LogP contribution in [-0.4, -0.2) is 9.55 Å². The number of imidazole rings is 1. The van der Waals surface area contributed by atoms with Gasteiger partial charge in [0.15, 0.2) is 0 Å². The molecule has 20 heavy (non-hydrogen) atoms. The maximum absolute atomic E-state index is 6.02. The zero-order chi connectivity index (χ0) is 14.1. The summed E-state index contributed by atoms with van der Waals surface area (Å²) >= 11 is 6.02. The molecule has 1 aromatic heterocycles. The van der Waals surface area contributed by atoms with Crippen LogP contribution < -0.4 is 5.73 Å². The summed E-state index contributed by atoms with van der Waals surface area (Å²) in [5.41, 5.74) is 10.2. The van der Waals surface area contributed by atoms with Crippen LogP contribution in [0.1, 0.15) is 17.0 Å². The number of fused-ring (bicyclic) bond motifs is 1. The van der Waals surface area contributed by atoms with Gasteiger partial charge in [0.25, 0.3) is 0 Å². The molecule has 0 aliphatic carbocycles. The Morgan fingerprint density at radius 1 is 1.15 bits per heavy atom. The van der Waals surface area contributed by atoms with Crippen molar-refractivity contribution in [3.05, 3.63) is 64.4 Å². The number of nitrogens with zero attached hydrogens (tertiary/aromatic N) is 2. The van der Waals surface area contributed by atoms with Gasteiger partial charge >= 0.3 is 0 Å². The second kappa shape index (κ2) is 5.27. The molecule has 0 radical (unpaired) electrons. The van der Waals surface area contributed by atoms with Crippen LogP contribution in [0.3, 0.4) is 0 Å². The predicted octanol–water partition coefficient (Wildman–Crippen LogP) is 3.28. The molecule has 3 rings (SSSR count). The third-order valence-electron chi connectivity index (χ3n) is 3.62. The van der Waals surface area contributed by atoms with E-state index in [0.29, 0.717) is 11.6 Å². The average molecular weight is 286 g/mol. The van der Waals surface area contributed by atoms with Gasteiger partial charge in [0.1, 0.15) is 5.82 Å². The largest absolute Gasteiger partial charge is 0.331 e. The van der Waals surface area contributed by atoms with Crippen LogP contribution in [0, 0.1) is 0 Å². The average Bonchev–Trinajstić information content (AvgIpc) is 2.75. The molecule has 0 amide bonds. The van der Waals surface area contributed by atoms with Crippen LogP contribution in [-0.2, 0) is 20.0 Å². The van der Waals surface area contributed by atoms with Gasteiger partial charge in [-0.05, 0) is 29.3 Å². The van der Waals surface area contributed by atoms with Crippen molar-refractivity contribution in [2.45, 2.75) is 13.0 Å². The number of halogens is 1. The number of rotatable bonds is 3. The number of nitrogens with two attached hydrogens (primary N) is 1. The van der Waals surface area contributed by atoms with Crippen molar-refractivity contribution in [2.24, 2.45) is 12.8 Å². The van der Waals surface area contributed by atoms with E-state index in [-0.39, 0.29) is 0 Å². The van der Waals surface area contributed by atoms with Gasteiger partial charge in [-0.2, -0.15) is 0 Å². The van der Waals surface area contributed by atoms with Crippen molar-refractivity contribution in [1.29, 1.82) is 0 Å². The standard InChI is InChI=1S/C16H16ClN3/c1-20-15-7-6-13(17)9-14(15)19-16(20)8-11-4-2-3-5-12(11)10-18/h2-7,9H,8,10,18H2,1H3. The molecular formula is C16H16ClN3. The minimum Gasteiger partial charge on any atom is -0.331 e. The van der Waals surface area contributed by atoms with E-state index in [1.807, 2.05) is 37.4 Å². The Labute approximate surface area is 123 Å². The fraction of sp³-hybridized carbons (Fsp3) is 0.188. The molecule has 102 valence electrons. The van der Waals surface area contributed by atoms with Gasteiger partial charge in [-0.1, -0.05) is 35.9 Å². The highest BCUT2D eigenvalue weighted by Gasteiger charge is 2.10. The van der Waals surface area contributed by atoms with Crippen molar-refractivity contribution in [3.8, 4) is 0 Å². The second-order valence-electron chi connectivity index (χ2n) is 4.87. The Kier molecular flexibility index (Phi) is 3.47. The molecule has 2 aromatic carbocycles. The zero-order valence-corrected chi connectivity index (χ0v) is 12.1. The van der Waals surface area contributed by atoms with Crippen LogP contribution in [0.2, 0.25) is 5.02 Å². The highest BCUT2D eigenvalue weighted by atomic mass is 35.5. The molecule has 0 saturated carbocycles. The van der Waals surface area contributed by atoms with Gasteiger partial charge in [0, 0.05) is 25.0 Å². The Morgan fingerprint density at radius 3 is 2.65 bits per heavy atom. The first-order chi connectivity index (χ1) is 9.69. The lowest BCUT2D eigenvalue weighted by atomic mass is 10.0. The second-order valence-corrected chi connectivity index (χ2v) is 5.31. The lowest BCUT2D eigenvalue weighted by Crippen LogP contribution is -2.05. The summed E-state index contributed by atoms with van der Waals surface area (Å²) in [6.45, 7) is 0.548. The first-order valence-electron chi connectivity index (χ1n) is 6.56. The van der Waals surface area contributed by atoms with Crippen molar-refractivity contribution >= 4 is 22.6 Å². The van der Waals surface area contributed by atoms with Gasteiger partial charge in [-0.15, -0.1) is 0 Å². The number of hydrogen-bond acceptors (Lipinski definition) is 2. The molecule has 3 aromatic rings. The quantitative estimate of drug-likeness (QED) is 0.802. The van der Waals surface area contributed by atoms with Crippen molar-refractivity contribution in [1.82, 2.24) is 9.55 Å². The first-order valence-corrected chi connectivity index (χ1v) is 6.94. The number of hydrogen-bond donors (Lipinski definition) is 1. The van der Waals surface area contributed by atoms with Crippen molar-refractivity contribution in [3.63, 3.8) is 0 Å². The minimum absolute atomic E-state index is 0.548. The summed E-state index contributed by atoms with van der Waals surface area (Å²) < 4.78 is 2.11. The number of aromatic nitrogens is 2. The number of aryl methyl sites for hydroxylation is 1. The summed E-state index contributed by atoms with van der Waals surface area (Å²) in [6.07, 6.45) is 0.774. The Balaban J connectivity index is 2.04. The van der Waals surface area contributed by atoms with E-state index in [1.54, 1.807) is 0 Å². The number of benzene rings is 2. The summed E-state index contributed by atoms with van der Waals surface area (Å²) in [7, 11) is 2.03. The Bertz CT molecular complexity index is 762. The van der Waals surface area contributed by atoms with E-state index in [9.17, 15) is 0 Å². The maximum Gasteiger partial charge on any atom is 0.114 e. The van der Waals surface area contributed by atoms with Gasteiger partial charge in [0.05, 0.1) is 11.0 Å². The highest BCUT2D eigenvalue weighted by molar-refractivity contribution is 6.31. The molecule has 3 nitrogen and oxygen atoms in total. The monoisotopic (exact) mass is 285 g/mol. The molecule has 0 fully saturated rings. The summed E-state index contributed by atoms with van der Waals surface area (Å²) in [5.74, 6) is 1.02. The van der Waals surface area contributed by atoms with Gasteiger partial charge in [-0.3, -0.25) is 0 Å². The normalized spacial score (nSPS) is 11.2.